The van der Waals surface area contributed by atoms with E-state index in [1.54, 1.807) is 19.0 Å². The van der Waals surface area contributed by atoms with Crippen molar-refractivity contribution >= 4 is 32.6 Å². The molecule has 17 heavy (non-hydrogen) atoms. The zero-order chi connectivity index (χ0) is 12.4. The molecule has 0 radical (unpaired) electrons. The number of fused-ring (bicyclic) bond motifs is 1. The lowest BCUT2D eigenvalue weighted by Crippen LogP contribution is -2.21. The molecule has 0 spiro atoms. The van der Waals surface area contributed by atoms with E-state index in [0.29, 0.717) is 18.0 Å². The van der Waals surface area contributed by atoms with E-state index in [1.165, 1.54) is 11.3 Å². The first-order valence-electron chi connectivity index (χ1n) is 5.42. The molecule has 2 N–H and O–H groups in total. The van der Waals surface area contributed by atoms with Gasteiger partial charge in [0.1, 0.15) is 0 Å². The standard InChI is InChI=1S/C12H15N3OS/c1-15(2)10(16)7-6-8-4-3-5-9-11(8)14-12(13)17-9/h3-5H,6-7H2,1-2H3,(H2,13,14). The number of carbonyl (C=O) groups is 1. The molecule has 0 saturated heterocycles. The van der Waals surface area contributed by atoms with Crippen molar-refractivity contribution in [2.24, 2.45) is 0 Å². The summed E-state index contributed by atoms with van der Waals surface area (Å²) in [7, 11) is 3.54. The van der Waals surface area contributed by atoms with Crippen LogP contribution in [0.1, 0.15) is 12.0 Å². The number of nitrogens with zero attached hydrogens (tertiary/aromatic N) is 2. The lowest BCUT2D eigenvalue weighted by atomic mass is 10.1. The summed E-state index contributed by atoms with van der Waals surface area (Å²) in [6.07, 6.45) is 1.21. The van der Waals surface area contributed by atoms with Crippen molar-refractivity contribution in [3.8, 4) is 0 Å². The quantitative estimate of drug-likeness (QED) is 0.903. The average molecular weight is 249 g/mol. The number of hydrogen-bond donors (Lipinski definition) is 1. The highest BCUT2D eigenvalue weighted by Crippen LogP contribution is 2.26. The van der Waals surface area contributed by atoms with Crippen LogP contribution in [0.2, 0.25) is 0 Å². The number of anilines is 1. The molecule has 1 amide bonds. The van der Waals surface area contributed by atoms with Gasteiger partial charge in [0.25, 0.3) is 0 Å². The molecule has 1 aromatic carbocycles. The second-order valence-corrected chi connectivity index (χ2v) is 5.17. The zero-order valence-corrected chi connectivity index (χ0v) is 10.8. The van der Waals surface area contributed by atoms with E-state index in [1.807, 2.05) is 18.2 Å². The molecule has 0 unspecified atom stereocenters. The Kier molecular flexibility index (Phi) is 3.28. The normalized spacial score (nSPS) is 10.7. The molecule has 0 atom stereocenters. The van der Waals surface area contributed by atoms with Gasteiger partial charge in [-0.05, 0) is 18.1 Å². The van der Waals surface area contributed by atoms with Gasteiger partial charge in [0.2, 0.25) is 5.91 Å². The van der Waals surface area contributed by atoms with Crippen molar-refractivity contribution in [3.05, 3.63) is 23.8 Å². The number of nitrogen functional groups attached to an aromatic ring is 1. The van der Waals surface area contributed by atoms with Gasteiger partial charge in [0, 0.05) is 20.5 Å². The highest BCUT2D eigenvalue weighted by Gasteiger charge is 2.09. The molecule has 90 valence electrons. The molecule has 5 heteroatoms. The maximum atomic E-state index is 11.5. The van der Waals surface area contributed by atoms with Crippen molar-refractivity contribution in [1.29, 1.82) is 0 Å². The third kappa shape index (κ3) is 2.55. The van der Waals surface area contributed by atoms with Crippen LogP contribution < -0.4 is 5.73 Å². The fourth-order valence-electron chi connectivity index (χ4n) is 1.69. The van der Waals surface area contributed by atoms with Gasteiger partial charge in [-0.25, -0.2) is 4.98 Å². The van der Waals surface area contributed by atoms with Gasteiger partial charge < -0.3 is 10.6 Å². The zero-order valence-electron chi connectivity index (χ0n) is 9.93. The molecule has 2 rings (SSSR count). The van der Waals surface area contributed by atoms with E-state index >= 15 is 0 Å². The van der Waals surface area contributed by atoms with Crippen LogP contribution in [0.25, 0.3) is 10.2 Å². The Bertz CT molecular complexity index is 548. The minimum Gasteiger partial charge on any atom is -0.375 e. The molecule has 1 aromatic heterocycles. The molecule has 0 aliphatic heterocycles. The molecule has 0 saturated carbocycles. The summed E-state index contributed by atoms with van der Waals surface area (Å²) in [6, 6.07) is 5.99. The number of thiazole rings is 1. The van der Waals surface area contributed by atoms with Crippen molar-refractivity contribution in [3.63, 3.8) is 0 Å². The van der Waals surface area contributed by atoms with E-state index in [4.69, 9.17) is 5.73 Å². The first kappa shape index (κ1) is 11.9. The SMILES string of the molecule is CN(C)C(=O)CCc1cccc2sc(N)nc12. The largest absolute Gasteiger partial charge is 0.375 e. The number of nitrogens with two attached hydrogens (primary N) is 1. The number of rotatable bonds is 3. The van der Waals surface area contributed by atoms with Crippen LogP contribution in [-0.2, 0) is 11.2 Å². The van der Waals surface area contributed by atoms with Crippen LogP contribution in [0.3, 0.4) is 0 Å². The minimum absolute atomic E-state index is 0.130. The van der Waals surface area contributed by atoms with Crippen LogP contribution in [-0.4, -0.2) is 29.9 Å². The van der Waals surface area contributed by atoms with Crippen molar-refractivity contribution < 1.29 is 4.79 Å². The molecule has 1 heterocycles. The van der Waals surface area contributed by atoms with Crippen LogP contribution >= 0.6 is 11.3 Å². The van der Waals surface area contributed by atoms with Gasteiger partial charge in [-0.1, -0.05) is 23.5 Å². The first-order valence-corrected chi connectivity index (χ1v) is 6.23. The molecule has 0 aliphatic carbocycles. The highest BCUT2D eigenvalue weighted by molar-refractivity contribution is 7.22. The van der Waals surface area contributed by atoms with Crippen LogP contribution in [0.5, 0.6) is 0 Å². The Morgan fingerprint density at radius 3 is 2.94 bits per heavy atom. The van der Waals surface area contributed by atoms with Crippen molar-refractivity contribution in [1.82, 2.24) is 9.88 Å². The van der Waals surface area contributed by atoms with Gasteiger partial charge in [0.05, 0.1) is 10.2 Å². The molecular formula is C12H15N3OS. The number of carbonyl (C=O) groups excluding carboxylic acids is 1. The Balaban J connectivity index is 2.21. The molecule has 0 bridgehead atoms. The summed E-state index contributed by atoms with van der Waals surface area (Å²) in [5, 5.41) is 0.575. The van der Waals surface area contributed by atoms with Crippen molar-refractivity contribution in [2.75, 3.05) is 19.8 Å². The van der Waals surface area contributed by atoms with Crippen LogP contribution in [0, 0.1) is 0 Å². The summed E-state index contributed by atoms with van der Waals surface area (Å²) < 4.78 is 1.08. The van der Waals surface area contributed by atoms with Gasteiger partial charge >= 0.3 is 0 Å². The second kappa shape index (κ2) is 4.71. The predicted octanol–water partition coefficient (Wildman–Crippen LogP) is 1.90. The first-order chi connectivity index (χ1) is 8.08. The van der Waals surface area contributed by atoms with E-state index in [0.717, 1.165) is 15.8 Å². The number of hydrogen-bond acceptors (Lipinski definition) is 4. The molecule has 4 nitrogen and oxygen atoms in total. The number of para-hydroxylation sites is 1. The van der Waals surface area contributed by atoms with E-state index < -0.39 is 0 Å². The third-order valence-electron chi connectivity index (χ3n) is 2.63. The Hall–Kier alpha value is -1.62. The summed E-state index contributed by atoms with van der Waals surface area (Å²) in [4.78, 5) is 17.5. The summed E-state index contributed by atoms with van der Waals surface area (Å²) in [6.45, 7) is 0. The maximum Gasteiger partial charge on any atom is 0.222 e. The number of aromatic nitrogens is 1. The van der Waals surface area contributed by atoms with Crippen LogP contribution in [0.15, 0.2) is 18.2 Å². The summed E-state index contributed by atoms with van der Waals surface area (Å²) >= 11 is 1.48. The maximum absolute atomic E-state index is 11.5. The lowest BCUT2D eigenvalue weighted by Gasteiger charge is -2.09. The third-order valence-corrected chi connectivity index (χ3v) is 3.48. The highest BCUT2D eigenvalue weighted by atomic mass is 32.1. The number of benzene rings is 1. The average Bonchev–Trinajstić information content (AvgIpc) is 2.66. The molecule has 0 aliphatic rings. The molecule has 0 fully saturated rings. The summed E-state index contributed by atoms with van der Waals surface area (Å²) in [5.41, 5.74) is 7.72. The Morgan fingerprint density at radius 1 is 1.47 bits per heavy atom. The fourth-order valence-corrected chi connectivity index (χ4v) is 2.47. The van der Waals surface area contributed by atoms with Gasteiger partial charge in [-0.3, -0.25) is 4.79 Å². The van der Waals surface area contributed by atoms with Gasteiger partial charge in [-0.15, -0.1) is 0 Å². The lowest BCUT2D eigenvalue weighted by molar-refractivity contribution is -0.128. The fraction of sp³-hybridized carbons (Fsp3) is 0.333. The van der Waals surface area contributed by atoms with E-state index in [9.17, 15) is 4.79 Å². The number of amides is 1. The van der Waals surface area contributed by atoms with Gasteiger partial charge in [0.15, 0.2) is 5.13 Å². The minimum atomic E-state index is 0.130. The van der Waals surface area contributed by atoms with Crippen LogP contribution in [0.4, 0.5) is 5.13 Å². The monoisotopic (exact) mass is 249 g/mol. The smallest absolute Gasteiger partial charge is 0.222 e. The van der Waals surface area contributed by atoms with Crippen molar-refractivity contribution in [2.45, 2.75) is 12.8 Å². The summed E-state index contributed by atoms with van der Waals surface area (Å²) in [5.74, 6) is 0.130. The molecule has 2 aromatic rings. The number of aryl methyl sites for hydroxylation is 1. The predicted molar refractivity (Wildman–Crippen MR) is 71.0 cm³/mol. The topological polar surface area (TPSA) is 59.2 Å². The second-order valence-electron chi connectivity index (χ2n) is 4.10. The van der Waals surface area contributed by atoms with E-state index in [-0.39, 0.29) is 5.91 Å². The Morgan fingerprint density at radius 2 is 2.24 bits per heavy atom. The van der Waals surface area contributed by atoms with E-state index in [2.05, 4.69) is 4.98 Å². The molecular weight excluding hydrogens is 234 g/mol. The Labute approximate surface area is 104 Å². The van der Waals surface area contributed by atoms with Gasteiger partial charge in [-0.2, -0.15) is 0 Å².